The van der Waals surface area contributed by atoms with Crippen LogP contribution in [0.15, 0.2) is 11.0 Å². The normalized spacial score (nSPS) is 12.3. The van der Waals surface area contributed by atoms with Crippen molar-refractivity contribution in [2.75, 3.05) is 6.26 Å². The van der Waals surface area contributed by atoms with Crippen LogP contribution in [-0.4, -0.2) is 6.26 Å². The van der Waals surface area contributed by atoms with Gasteiger partial charge in [-0.25, -0.2) is 0 Å². The first-order valence-corrected chi connectivity index (χ1v) is 4.91. The molecule has 0 aliphatic rings. The Morgan fingerprint density at radius 3 is 2.18 bits per heavy atom. The van der Waals surface area contributed by atoms with E-state index in [1.165, 1.54) is 4.91 Å². The lowest BCUT2D eigenvalue weighted by molar-refractivity contribution is 0.534. The minimum Gasteiger partial charge on any atom is -0.133 e. The average molecular weight is 168 g/mol. The van der Waals surface area contributed by atoms with E-state index in [-0.39, 0.29) is 5.41 Å². The van der Waals surface area contributed by atoms with Gasteiger partial charge < -0.3 is 0 Å². The Balaban J connectivity index is 4.49. The van der Waals surface area contributed by atoms with Gasteiger partial charge >= 0.3 is 0 Å². The van der Waals surface area contributed by atoms with Gasteiger partial charge in [-0.1, -0.05) is 26.7 Å². The monoisotopic (exact) mass is 168 g/mol. The molecule has 0 nitrogen and oxygen atoms in total. The van der Waals surface area contributed by atoms with Gasteiger partial charge in [0, 0.05) is 0 Å². The molecular weight excluding hydrogens is 152 g/mol. The largest absolute Gasteiger partial charge is 0.133 e. The van der Waals surface area contributed by atoms with E-state index in [9.17, 15) is 0 Å². The number of thioether (sulfide) groups is 1. The molecule has 0 aliphatic heterocycles. The maximum atomic E-state index is 2.97. The second kappa shape index (κ2) is 4.51. The quantitative estimate of drug-likeness (QED) is 0.541. The summed E-state index contributed by atoms with van der Waals surface area (Å²) >= 11 is 1.78. The van der Waals surface area contributed by atoms with Gasteiger partial charge in [0.15, 0.2) is 0 Å². The molecule has 0 aromatic rings. The molecule has 0 N–H and O–H groups in total. The Bertz CT molecular complexity index is 195. The van der Waals surface area contributed by atoms with E-state index in [2.05, 4.69) is 38.9 Å². The number of rotatable bonds is 1. The van der Waals surface area contributed by atoms with Gasteiger partial charge in [0.1, 0.15) is 0 Å². The first-order chi connectivity index (χ1) is 5.02. The van der Waals surface area contributed by atoms with Crippen LogP contribution in [0.3, 0.4) is 0 Å². The van der Waals surface area contributed by atoms with Crippen molar-refractivity contribution in [2.24, 2.45) is 5.41 Å². The summed E-state index contributed by atoms with van der Waals surface area (Å²) in [5, 5.41) is 0. The number of hydrogen-bond acceptors (Lipinski definition) is 1. The molecule has 0 bridgehead atoms. The molecule has 0 saturated carbocycles. The summed E-state index contributed by atoms with van der Waals surface area (Å²) in [4.78, 5) is 1.34. The van der Waals surface area contributed by atoms with Gasteiger partial charge in [-0.3, -0.25) is 0 Å². The van der Waals surface area contributed by atoms with E-state index in [1.807, 2.05) is 13.0 Å². The third kappa shape index (κ3) is 4.16. The van der Waals surface area contributed by atoms with Crippen molar-refractivity contribution in [2.45, 2.75) is 27.7 Å². The second-order valence-electron chi connectivity index (χ2n) is 3.36. The van der Waals surface area contributed by atoms with E-state index in [1.54, 1.807) is 11.8 Å². The van der Waals surface area contributed by atoms with Gasteiger partial charge in [-0.2, -0.15) is 0 Å². The molecular formula is C10H16S. The van der Waals surface area contributed by atoms with Gasteiger partial charge in [-0.15, -0.1) is 17.7 Å². The molecule has 0 atom stereocenters. The molecule has 0 radical (unpaired) electrons. The first-order valence-electron chi connectivity index (χ1n) is 3.69. The maximum absolute atomic E-state index is 2.97. The van der Waals surface area contributed by atoms with Crippen LogP contribution in [0, 0.1) is 17.3 Å². The smallest absolute Gasteiger partial charge is 0.00180 e. The SMILES string of the molecule is CC#C/C=C(\SC)C(C)(C)C. The standard InChI is InChI=1S/C10H16S/c1-6-7-8-9(11-5)10(2,3)4/h8H,1-5H3/b9-8-. The van der Waals surface area contributed by atoms with Crippen molar-refractivity contribution in [3.05, 3.63) is 11.0 Å². The van der Waals surface area contributed by atoms with Crippen molar-refractivity contribution in [1.82, 2.24) is 0 Å². The summed E-state index contributed by atoms with van der Waals surface area (Å²) in [6.45, 7) is 8.46. The minimum atomic E-state index is 0.239. The molecule has 11 heavy (non-hydrogen) atoms. The highest BCUT2D eigenvalue weighted by atomic mass is 32.2. The molecule has 0 rings (SSSR count). The van der Waals surface area contributed by atoms with E-state index < -0.39 is 0 Å². The summed E-state index contributed by atoms with van der Waals surface area (Å²) in [7, 11) is 0. The van der Waals surface area contributed by atoms with Crippen LogP contribution >= 0.6 is 11.8 Å². The van der Waals surface area contributed by atoms with Crippen LogP contribution in [0.5, 0.6) is 0 Å². The van der Waals surface area contributed by atoms with Crippen LogP contribution in [0.25, 0.3) is 0 Å². The summed E-state index contributed by atoms with van der Waals surface area (Å²) in [6, 6.07) is 0. The van der Waals surface area contributed by atoms with Crippen molar-refractivity contribution in [3.63, 3.8) is 0 Å². The molecule has 1 heteroatoms. The maximum Gasteiger partial charge on any atom is -0.00180 e. The van der Waals surface area contributed by atoms with Crippen LogP contribution < -0.4 is 0 Å². The Hall–Kier alpha value is -0.350. The Labute approximate surface area is 74.5 Å². The van der Waals surface area contributed by atoms with Gasteiger partial charge in [0.25, 0.3) is 0 Å². The highest BCUT2D eigenvalue weighted by Crippen LogP contribution is 2.32. The summed E-state index contributed by atoms with van der Waals surface area (Å²) in [6.07, 6.45) is 4.10. The van der Waals surface area contributed by atoms with Crippen LogP contribution in [0.1, 0.15) is 27.7 Å². The zero-order valence-electron chi connectivity index (χ0n) is 7.99. The predicted molar refractivity (Wildman–Crippen MR) is 54.5 cm³/mol. The highest BCUT2D eigenvalue weighted by molar-refractivity contribution is 8.02. The minimum absolute atomic E-state index is 0.239. The third-order valence-electron chi connectivity index (χ3n) is 1.31. The molecule has 0 heterocycles. The number of hydrogen-bond donors (Lipinski definition) is 0. The predicted octanol–water partition coefficient (Wildman–Crippen LogP) is 3.30. The van der Waals surface area contributed by atoms with Crippen molar-refractivity contribution in [1.29, 1.82) is 0 Å². The number of allylic oxidation sites excluding steroid dienone is 2. The zero-order chi connectivity index (χ0) is 8.91. The molecule has 0 amide bonds. The average Bonchev–Trinajstić information content (AvgIpc) is 1.87. The third-order valence-corrected chi connectivity index (χ3v) is 2.48. The summed E-state index contributed by atoms with van der Waals surface area (Å²) < 4.78 is 0. The van der Waals surface area contributed by atoms with Crippen LogP contribution in [-0.2, 0) is 0 Å². The van der Waals surface area contributed by atoms with Crippen LogP contribution in [0.2, 0.25) is 0 Å². The molecule has 62 valence electrons. The molecule has 0 fully saturated rings. The van der Waals surface area contributed by atoms with Crippen molar-refractivity contribution >= 4 is 11.8 Å². The first kappa shape index (κ1) is 10.7. The lowest BCUT2D eigenvalue weighted by Crippen LogP contribution is -2.05. The second-order valence-corrected chi connectivity index (χ2v) is 4.21. The van der Waals surface area contributed by atoms with Crippen molar-refractivity contribution in [3.8, 4) is 11.8 Å². The molecule has 0 aliphatic carbocycles. The Kier molecular flexibility index (Phi) is 4.37. The Morgan fingerprint density at radius 2 is 1.91 bits per heavy atom. The van der Waals surface area contributed by atoms with Crippen LogP contribution in [0.4, 0.5) is 0 Å². The fourth-order valence-electron chi connectivity index (χ4n) is 0.719. The van der Waals surface area contributed by atoms with Gasteiger partial charge in [-0.05, 0) is 29.6 Å². The van der Waals surface area contributed by atoms with E-state index in [0.29, 0.717) is 0 Å². The Morgan fingerprint density at radius 1 is 1.36 bits per heavy atom. The van der Waals surface area contributed by atoms with Gasteiger partial charge in [0.05, 0.1) is 0 Å². The molecule has 0 aromatic carbocycles. The molecule has 0 saturated heterocycles. The van der Waals surface area contributed by atoms with Gasteiger partial charge in [0.2, 0.25) is 0 Å². The summed E-state index contributed by atoms with van der Waals surface area (Å²) in [5.74, 6) is 5.84. The molecule has 0 aromatic heterocycles. The molecule has 0 spiro atoms. The topological polar surface area (TPSA) is 0 Å². The van der Waals surface area contributed by atoms with E-state index in [0.717, 1.165) is 0 Å². The van der Waals surface area contributed by atoms with E-state index >= 15 is 0 Å². The fraction of sp³-hybridized carbons (Fsp3) is 0.600. The highest BCUT2D eigenvalue weighted by Gasteiger charge is 2.14. The molecule has 0 unspecified atom stereocenters. The lowest BCUT2D eigenvalue weighted by atomic mass is 9.96. The zero-order valence-corrected chi connectivity index (χ0v) is 8.80. The van der Waals surface area contributed by atoms with E-state index in [4.69, 9.17) is 0 Å². The fourth-order valence-corrected chi connectivity index (χ4v) is 1.51. The lowest BCUT2D eigenvalue weighted by Gasteiger charge is -2.19. The summed E-state index contributed by atoms with van der Waals surface area (Å²) in [5.41, 5.74) is 0.239. The van der Waals surface area contributed by atoms with Crippen molar-refractivity contribution < 1.29 is 0 Å².